The van der Waals surface area contributed by atoms with Crippen molar-refractivity contribution in [2.45, 2.75) is 6.92 Å². The van der Waals surface area contributed by atoms with Crippen LogP contribution in [0.25, 0.3) is 11.3 Å². The van der Waals surface area contributed by atoms with E-state index in [1.165, 1.54) is 6.20 Å². The summed E-state index contributed by atoms with van der Waals surface area (Å²) in [7, 11) is 0. The number of hydrogen-bond donors (Lipinski definition) is 1. The van der Waals surface area contributed by atoms with E-state index in [1.54, 1.807) is 18.3 Å². The molecule has 0 radical (unpaired) electrons. The minimum atomic E-state index is -0.340. The molecular formula is C10H10N2O2S. The molecule has 0 atom stereocenters. The van der Waals surface area contributed by atoms with Crippen LogP contribution in [0.3, 0.4) is 0 Å². The van der Waals surface area contributed by atoms with E-state index in [1.807, 2.05) is 16.8 Å². The number of carbonyl (C=O) groups is 1. The average Bonchev–Trinajstić information content (AvgIpc) is 2.88. The van der Waals surface area contributed by atoms with E-state index in [0.717, 1.165) is 11.3 Å². The molecule has 4 nitrogen and oxygen atoms in total. The number of aromatic amines is 1. The van der Waals surface area contributed by atoms with Crippen molar-refractivity contribution >= 4 is 17.3 Å². The Morgan fingerprint density at radius 1 is 1.67 bits per heavy atom. The number of thiophene rings is 1. The summed E-state index contributed by atoms with van der Waals surface area (Å²) in [6.07, 6.45) is 1.49. The van der Waals surface area contributed by atoms with E-state index in [0.29, 0.717) is 12.2 Å². The van der Waals surface area contributed by atoms with Gasteiger partial charge in [0.25, 0.3) is 0 Å². The van der Waals surface area contributed by atoms with Gasteiger partial charge >= 0.3 is 5.97 Å². The monoisotopic (exact) mass is 222 g/mol. The van der Waals surface area contributed by atoms with Crippen LogP contribution in [0.15, 0.2) is 23.0 Å². The maximum absolute atomic E-state index is 11.5. The summed E-state index contributed by atoms with van der Waals surface area (Å²) in [6, 6.07) is 1.93. The first-order valence-electron chi connectivity index (χ1n) is 4.56. The zero-order chi connectivity index (χ0) is 10.7. The molecule has 2 aromatic heterocycles. The number of rotatable bonds is 3. The molecule has 78 valence electrons. The Kier molecular flexibility index (Phi) is 2.82. The summed E-state index contributed by atoms with van der Waals surface area (Å²) >= 11 is 1.57. The molecule has 0 aliphatic heterocycles. The van der Waals surface area contributed by atoms with Crippen molar-refractivity contribution in [3.8, 4) is 11.3 Å². The zero-order valence-electron chi connectivity index (χ0n) is 8.19. The molecule has 1 N–H and O–H groups in total. The van der Waals surface area contributed by atoms with Crippen molar-refractivity contribution < 1.29 is 9.53 Å². The van der Waals surface area contributed by atoms with Gasteiger partial charge in [0.2, 0.25) is 0 Å². The number of esters is 1. The Bertz CT molecular complexity index is 448. The summed E-state index contributed by atoms with van der Waals surface area (Å²) < 4.78 is 4.93. The number of hydrogen-bond acceptors (Lipinski definition) is 4. The average molecular weight is 222 g/mol. The molecule has 0 saturated heterocycles. The third-order valence-corrected chi connectivity index (χ3v) is 2.63. The lowest BCUT2D eigenvalue weighted by atomic mass is 10.1. The molecule has 2 aromatic rings. The topological polar surface area (TPSA) is 55.0 Å². The number of aromatic nitrogens is 2. The zero-order valence-corrected chi connectivity index (χ0v) is 9.00. The van der Waals surface area contributed by atoms with Gasteiger partial charge in [-0.2, -0.15) is 16.4 Å². The normalized spacial score (nSPS) is 10.2. The van der Waals surface area contributed by atoms with E-state index in [4.69, 9.17) is 4.74 Å². The van der Waals surface area contributed by atoms with Gasteiger partial charge in [-0.05, 0) is 18.4 Å². The minimum Gasteiger partial charge on any atom is -0.462 e. The third kappa shape index (κ3) is 1.92. The van der Waals surface area contributed by atoms with Crippen molar-refractivity contribution in [2.75, 3.05) is 6.61 Å². The molecule has 0 bridgehead atoms. The van der Waals surface area contributed by atoms with Crippen LogP contribution in [0.2, 0.25) is 0 Å². The van der Waals surface area contributed by atoms with E-state index < -0.39 is 0 Å². The van der Waals surface area contributed by atoms with Crippen LogP contribution in [-0.2, 0) is 4.74 Å². The highest BCUT2D eigenvalue weighted by Crippen LogP contribution is 2.23. The largest absolute Gasteiger partial charge is 0.462 e. The molecule has 0 unspecified atom stereocenters. The Balaban J connectivity index is 2.34. The van der Waals surface area contributed by atoms with Crippen LogP contribution in [0.5, 0.6) is 0 Å². The molecule has 0 aliphatic rings. The molecule has 2 rings (SSSR count). The molecule has 0 aliphatic carbocycles. The highest BCUT2D eigenvalue weighted by Gasteiger charge is 2.15. The van der Waals surface area contributed by atoms with Crippen LogP contribution >= 0.6 is 11.3 Å². The fourth-order valence-electron chi connectivity index (χ4n) is 1.28. The number of nitrogens with zero attached hydrogens (tertiary/aromatic N) is 1. The van der Waals surface area contributed by atoms with Gasteiger partial charge in [-0.25, -0.2) is 4.79 Å². The lowest BCUT2D eigenvalue weighted by Crippen LogP contribution is -2.04. The Morgan fingerprint density at radius 3 is 3.20 bits per heavy atom. The molecule has 0 aromatic carbocycles. The maximum Gasteiger partial charge on any atom is 0.341 e. The van der Waals surface area contributed by atoms with Crippen LogP contribution < -0.4 is 0 Å². The Labute approximate surface area is 90.9 Å². The molecule has 0 amide bonds. The summed E-state index contributed by atoms with van der Waals surface area (Å²) in [5, 5.41) is 10.6. The maximum atomic E-state index is 11.5. The van der Waals surface area contributed by atoms with Crippen LogP contribution in [0.4, 0.5) is 0 Å². The molecule has 5 heteroatoms. The van der Waals surface area contributed by atoms with Gasteiger partial charge in [0.1, 0.15) is 5.56 Å². The smallest absolute Gasteiger partial charge is 0.341 e. The molecular weight excluding hydrogens is 212 g/mol. The van der Waals surface area contributed by atoms with Crippen molar-refractivity contribution in [1.82, 2.24) is 10.2 Å². The van der Waals surface area contributed by atoms with Gasteiger partial charge in [0, 0.05) is 10.9 Å². The molecule has 2 heterocycles. The summed E-state index contributed by atoms with van der Waals surface area (Å²) in [4.78, 5) is 11.5. The predicted molar refractivity (Wildman–Crippen MR) is 57.9 cm³/mol. The van der Waals surface area contributed by atoms with Crippen LogP contribution in [0.1, 0.15) is 17.3 Å². The number of carbonyl (C=O) groups excluding carboxylic acids is 1. The lowest BCUT2D eigenvalue weighted by molar-refractivity contribution is 0.0527. The predicted octanol–water partition coefficient (Wildman–Crippen LogP) is 2.31. The van der Waals surface area contributed by atoms with E-state index >= 15 is 0 Å². The second-order valence-corrected chi connectivity index (χ2v) is 3.67. The Morgan fingerprint density at radius 2 is 2.53 bits per heavy atom. The van der Waals surface area contributed by atoms with E-state index in [-0.39, 0.29) is 5.97 Å². The summed E-state index contributed by atoms with van der Waals surface area (Å²) in [6.45, 7) is 2.15. The number of nitrogens with one attached hydrogen (secondary N) is 1. The lowest BCUT2D eigenvalue weighted by Gasteiger charge is -2.00. The third-order valence-electron chi connectivity index (χ3n) is 1.94. The van der Waals surface area contributed by atoms with Crippen LogP contribution in [0, 0.1) is 0 Å². The fraction of sp³-hybridized carbons (Fsp3) is 0.200. The van der Waals surface area contributed by atoms with Gasteiger partial charge in [-0.3, -0.25) is 5.10 Å². The summed E-state index contributed by atoms with van der Waals surface area (Å²) in [5.41, 5.74) is 2.16. The fourth-order valence-corrected chi connectivity index (χ4v) is 1.92. The second kappa shape index (κ2) is 4.27. The first-order valence-corrected chi connectivity index (χ1v) is 5.50. The number of H-pyrrole nitrogens is 1. The van der Waals surface area contributed by atoms with Crippen LogP contribution in [-0.4, -0.2) is 22.8 Å². The van der Waals surface area contributed by atoms with Gasteiger partial charge in [0.15, 0.2) is 0 Å². The van der Waals surface area contributed by atoms with Crippen molar-refractivity contribution in [3.05, 3.63) is 28.6 Å². The standard InChI is InChI=1S/C10H10N2O2S/c1-2-14-10(13)8-5-11-12-9(8)7-3-4-15-6-7/h3-6H,2H2,1H3,(H,11,12). The minimum absolute atomic E-state index is 0.340. The van der Waals surface area contributed by atoms with Gasteiger partial charge < -0.3 is 4.74 Å². The van der Waals surface area contributed by atoms with Crippen molar-refractivity contribution in [2.24, 2.45) is 0 Å². The molecule has 0 saturated carbocycles. The van der Waals surface area contributed by atoms with E-state index in [2.05, 4.69) is 10.2 Å². The summed E-state index contributed by atoms with van der Waals surface area (Å²) in [5.74, 6) is -0.340. The first kappa shape index (κ1) is 9.92. The molecule has 15 heavy (non-hydrogen) atoms. The first-order chi connectivity index (χ1) is 7.33. The molecule has 0 spiro atoms. The molecule has 0 fully saturated rings. The highest BCUT2D eigenvalue weighted by atomic mass is 32.1. The van der Waals surface area contributed by atoms with Crippen molar-refractivity contribution in [1.29, 1.82) is 0 Å². The van der Waals surface area contributed by atoms with Gasteiger partial charge in [-0.1, -0.05) is 0 Å². The van der Waals surface area contributed by atoms with Gasteiger partial charge in [0.05, 0.1) is 18.5 Å². The second-order valence-electron chi connectivity index (χ2n) is 2.89. The van der Waals surface area contributed by atoms with Gasteiger partial charge in [-0.15, -0.1) is 0 Å². The van der Waals surface area contributed by atoms with E-state index in [9.17, 15) is 4.79 Å². The quantitative estimate of drug-likeness (QED) is 0.811. The Hall–Kier alpha value is -1.62. The van der Waals surface area contributed by atoms with Crippen molar-refractivity contribution in [3.63, 3.8) is 0 Å². The number of ether oxygens (including phenoxy) is 1. The SMILES string of the molecule is CCOC(=O)c1cn[nH]c1-c1ccsc1. The highest BCUT2D eigenvalue weighted by molar-refractivity contribution is 7.08.